The van der Waals surface area contributed by atoms with Crippen LogP contribution in [0.3, 0.4) is 0 Å². The summed E-state index contributed by atoms with van der Waals surface area (Å²) in [5.74, 6) is 0.263. The van der Waals surface area contributed by atoms with Crippen LogP contribution in [-0.2, 0) is 11.2 Å². The van der Waals surface area contributed by atoms with Crippen molar-refractivity contribution in [2.45, 2.75) is 6.42 Å². The van der Waals surface area contributed by atoms with E-state index in [1.54, 1.807) is 12.1 Å². The van der Waals surface area contributed by atoms with Crippen LogP contribution >= 0.6 is 27.5 Å². The normalized spacial score (nSPS) is 10.1. The lowest BCUT2D eigenvalue weighted by Crippen LogP contribution is -2.15. The summed E-state index contributed by atoms with van der Waals surface area (Å²) in [7, 11) is 0. The number of carbonyl (C=O) groups excluding carboxylic acids is 1. The van der Waals surface area contributed by atoms with Gasteiger partial charge in [-0.05, 0) is 33.6 Å². The minimum atomic E-state index is -0.158. The molecule has 0 unspecified atom stereocenters. The molecule has 2 aromatic rings. The molecule has 0 saturated carbocycles. The van der Waals surface area contributed by atoms with Crippen LogP contribution in [0.4, 0.5) is 5.82 Å². The molecule has 0 aliphatic heterocycles. The van der Waals surface area contributed by atoms with Gasteiger partial charge in [0.15, 0.2) is 5.82 Å². The van der Waals surface area contributed by atoms with Crippen LogP contribution in [0, 0.1) is 0 Å². The number of nitrogens with zero attached hydrogens (tertiary/aromatic N) is 2. The first-order valence-corrected chi connectivity index (χ1v) is 6.32. The van der Waals surface area contributed by atoms with Crippen molar-refractivity contribution in [3.05, 3.63) is 51.8 Å². The Kier molecular flexibility index (Phi) is 4.28. The van der Waals surface area contributed by atoms with Crippen molar-refractivity contribution in [3.8, 4) is 0 Å². The van der Waals surface area contributed by atoms with Crippen LogP contribution in [0.1, 0.15) is 5.56 Å². The molecule has 4 nitrogen and oxygen atoms in total. The van der Waals surface area contributed by atoms with Crippen molar-refractivity contribution in [1.82, 2.24) is 9.97 Å². The summed E-state index contributed by atoms with van der Waals surface area (Å²) in [5.41, 5.74) is 0.852. The number of nitrogens with one attached hydrogen (secondary N) is 1. The summed E-state index contributed by atoms with van der Waals surface area (Å²) in [6.07, 6.45) is 3.26. The zero-order chi connectivity index (χ0) is 13.0. The van der Waals surface area contributed by atoms with Gasteiger partial charge in [0.05, 0.1) is 18.8 Å². The fourth-order valence-corrected chi connectivity index (χ4v) is 1.81. The second-order valence-electron chi connectivity index (χ2n) is 3.58. The molecule has 0 bridgehead atoms. The predicted molar refractivity (Wildman–Crippen MR) is 73.5 cm³/mol. The monoisotopic (exact) mass is 325 g/mol. The maximum atomic E-state index is 11.7. The van der Waals surface area contributed by atoms with Crippen molar-refractivity contribution in [3.63, 3.8) is 0 Å². The molecule has 0 spiro atoms. The lowest BCUT2D eigenvalue weighted by Gasteiger charge is -2.04. The van der Waals surface area contributed by atoms with Gasteiger partial charge in [0.2, 0.25) is 5.91 Å². The van der Waals surface area contributed by atoms with Gasteiger partial charge in [0, 0.05) is 5.02 Å². The zero-order valence-electron chi connectivity index (χ0n) is 9.23. The quantitative estimate of drug-likeness (QED) is 0.943. The van der Waals surface area contributed by atoms with E-state index in [4.69, 9.17) is 11.6 Å². The van der Waals surface area contributed by atoms with Gasteiger partial charge in [-0.3, -0.25) is 4.79 Å². The number of hydrogen-bond acceptors (Lipinski definition) is 3. The molecule has 0 aliphatic rings. The summed E-state index contributed by atoms with van der Waals surface area (Å²) >= 11 is 9.02. The highest BCUT2D eigenvalue weighted by Gasteiger charge is 2.05. The Bertz CT molecular complexity index is 560. The van der Waals surface area contributed by atoms with Crippen molar-refractivity contribution < 1.29 is 4.79 Å². The molecule has 1 N–H and O–H groups in total. The van der Waals surface area contributed by atoms with Gasteiger partial charge in [-0.25, -0.2) is 9.97 Å². The fraction of sp³-hybridized carbons (Fsp3) is 0.0833. The van der Waals surface area contributed by atoms with E-state index in [0.717, 1.165) is 5.56 Å². The number of hydrogen-bond donors (Lipinski definition) is 1. The minimum absolute atomic E-state index is 0.158. The molecule has 1 aromatic heterocycles. The number of halogens is 2. The fourth-order valence-electron chi connectivity index (χ4n) is 1.40. The third kappa shape index (κ3) is 3.78. The van der Waals surface area contributed by atoms with Gasteiger partial charge in [0.1, 0.15) is 4.60 Å². The molecule has 0 fully saturated rings. The van der Waals surface area contributed by atoms with E-state index >= 15 is 0 Å². The predicted octanol–water partition coefficient (Wildman–Crippen LogP) is 3.07. The van der Waals surface area contributed by atoms with Gasteiger partial charge in [-0.15, -0.1) is 0 Å². The highest BCUT2D eigenvalue weighted by molar-refractivity contribution is 9.10. The molecule has 0 atom stereocenters. The first-order valence-electron chi connectivity index (χ1n) is 5.15. The van der Waals surface area contributed by atoms with E-state index in [1.165, 1.54) is 12.4 Å². The lowest BCUT2D eigenvalue weighted by atomic mass is 10.1. The molecule has 92 valence electrons. The Labute approximate surface area is 118 Å². The lowest BCUT2D eigenvalue weighted by molar-refractivity contribution is -0.115. The van der Waals surface area contributed by atoms with Gasteiger partial charge in [-0.1, -0.05) is 23.7 Å². The molecular weight excluding hydrogens is 318 g/mol. The van der Waals surface area contributed by atoms with Crippen LogP contribution in [0.2, 0.25) is 5.02 Å². The minimum Gasteiger partial charge on any atom is -0.309 e. The van der Waals surface area contributed by atoms with Crippen molar-refractivity contribution in [2.24, 2.45) is 0 Å². The van der Waals surface area contributed by atoms with Gasteiger partial charge in [-0.2, -0.15) is 0 Å². The van der Waals surface area contributed by atoms with E-state index in [0.29, 0.717) is 15.4 Å². The number of benzene rings is 1. The standard InChI is InChI=1S/C12H9BrClN3O/c13-10-6-16-11(7-15-10)17-12(18)5-8-2-1-3-9(14)4-8/h1-4,6-7H,5H2,(H,16,17,18). The second kappa shape index (κ2) is 5.93. The molecule has 1 aromatic carbocycles. The van der Waals surface area contributed by atoms with Gasteiger partial charge >= 0.3 is 0 Å². The molecular formula is C12H9BrClN3O. The molecule has 0 saturated heterocycles. The summed E-state index contributed by atoms with van der Waals surface area (Å²) in [6, 6.07) is 7.18. The van der Waals surface area contributed by atoms with E-state index in [9.17, 15) is 4.79 Å². The van der Waals surface area contributed by atoms with Crippen LogP contribution < -0.4 is 5.32 Å². The molecule has 6 heteroatoms. The van der Waals surface area contributed by atoms with Gasteiger partial charge in [0.25, 0.3) is 0 Å². The Hall–Kier alpha value is -1.46. The topological polar surface area (TPSA) is 54.9 Å². The maximum Gasteiger partial charge on any atom is 0.229 e. The van der Waals surface area contributed by atoms with Crippen LogP contribution in [0.25, 0.3) is 0 Å². The van der Waals surface area contributed by atoms with Crippen LogP contribution in [0.15, 0.2) is 41.3 Å². The second-order valence-corrected chi connectivity index (χ2v) is 4.83. The molecule has 0 aliphatic carbocycles. The molecule has 18 heavy (non-hydrogen) atoms. The van der Waals surface area contributed by atoms with Gasteiger partial charge < -0.3 is 5.32 Å². The van der Waals surface area contributed by atoms with E-state index in [1.807, 2.05) is 12.1 Å². The summed E-state index contributed by atoms with van der Waals surface area (Å²) in [5, 5.41) is 3.28. The molecule has 2 rings (SSSR count). The largest absolute Gasteiger partial charge is 0.309 e. The summed E-state index contributed by atoms with van der Waals surface area (Å²) in [4.78, 5) is 19.7. The number of rotatable bonds is 3. The Morgan fingerprint density at radius 2 is 2.17 bits per heavy atom. The van der Waals surface area contributed by atoms with Crippen molar-refractivity contribution in [1.29, 1.82) is 0 Å². The average Bonchev–Trinajstić information content (AvgIpc) is 2.32. The first-order chi connectivity index (χ1) is 8.63. The average molecular weight is 327 g/mol. The smallest absolute Gasteiger partial charge is 0.229 e. The Morgan fingerprint density at radius 1 is 1.33 bits per heavy atom. The number of carbonyl (C=O) groups is 1. The highest BCUT2D eigenvalue weighted by Crippen LogP contribution is 2.12. The number of aromatic nitrogens is 2. The summed E-state index contributed by atoms with van der Waals surface area (Å²) in [6.45, 7) is 0. The zero-order valence-corrected chi connectivity index (χ0v) is 11.6. The van der Waals surface area contributed by atoms with Crippen LogP contribution in [-0.4, -0.2) is 15.9 Å². The number of anilines is 1. The number of amides is 1. The highest BCUT2D eigenvalue weighted by atomic mass is 79.9. The Morgan fingerprint density at radius 3 is 2.83 bits per heavy atom. The molecule has 1 amide bonds. The summed E-state index contributed by atoms with van der Waals surface area (Å²) < 4.78 is 0.621. The first kappa shape index (κ1) is 13.0. The molecule has 1 heterocycles. The van der Waals surface area contributed by atoms with E-state index in [-0.39, 0.29) is 12.3 Å². The Balaban J connectivity index is 1.98. The molecule has 0 radical (unpaired) electrons. The maximum absolute atomic E-state index is 11.7. The van der Waals surface area contributed by atoms with E-state index in [2.05, 4.69) is 31.2 Å². The SMILES string of the molecule is O=C(Cc1cccc(Cl)c1)Nc1cnc(Br)cn1. The van der Waals surface area contributed by atoms with Crippen LogP contribution in [0.5, 0.6) is 0 Å². The van der Waals surface area contributed by atoms with Crippen molar-refractivity contribution >= 4 is 39.3 Å². The van der Waals surface area contributed by atoms with E-state index < -0.39 is 0 Å². The van der Waals surface area contributed by atoms with Crippen molar-refractivity contribution in [2.75, 3.05) is 5.32 Å². The third-order valence-corrected chi connectivity index (χ3v) is 2.79. The third-order valence-electron chi connectivity index (χ3n) is 2.14.